The Morgan fingerprint density at radius 3 is 2.03 bits per heavy atom. The lowest BCUT2D eigenvalue weighted by Gasteiger charge is -2.07. The Morgan fingerprint density at radius 1 is 0.818 bits per heavy atom. The molecule has 2 aromatic heterocycles. The standard InChI is InChI=1S/C22H19F3N6O2/c1-13-18(20(32)30(28-13)16-11-9-15(10-12-16)22(23,24)25)26-27-19-14(2)29(3)31(21(19)33)17-7-5-4-6-8-17/h4-12,28H,1-3H3. The average molecular weight is 456 g/mol. The van der Waals surface area contributed by atoms with Crippen LogP contribution in [0, 0.1) is 13.8 Å². The maximum Gasteiger partial charge on any atom is 0.416 e. The first-order valence-electron chi connectivity index (χ1n) is 9.84. The van der Waals surface area contributed by atoms with Crippen molar-refractivity contribution in [2.75, 3.05) is 0 Å². The Morgan fingerprint density at radius 2 is 1.42 bits per heavy atom. The van der Waals surface area contributed by atoms with Crippen LogP contribution in [0.2, 0.25) is 0 Å². The lowest BCUT2D eigenvalue weighted by atomic mass is 10.2. The highest BCUT2D eigenvalue weighted by Gasteiger charge is 2.30. The van der Waals surface area contributed by atoms with E-state index in [1.54, 1.807) is 49.8 Å². The second-order valence-electron chi connectivity index (χ2n) is 7.38. The van der Waals surface area contributed by atoms with Crippen LogP contribution in [0.4, 0.5) is 24.5 Å². The van der Waals surface area contributed by atoms with Crippen LogP contribution < -0.4 is 11.1 Å². The summed E-state index contributed by atoms with van der Waals surface area (Å²) in [5.74, 6) is 0. The molecule has 2 heterocycles. The minimum Gasteiger partial charge on any atom is -0.293 e. The van der Waals surface area contributed by atoms with Crippen molar-refractivity contribution >= 4 is 11.4 Å². The molecule has 4 rings (SSSR count). The number of benzene rings is 2. The average Bonchev–Trinajstić information content (AvgIpc) is 3.18. The van der Waals surface area contributed by atoms with E-state index >= 15 is 0 Å². The van der Waals surface area contributed by atoms with Gasteiger partial charge in [0, 0.05) is 7.05 Å². The molecule has 2 aromatic carbocycles. The third kappa shape index (κ3) is 3.93. The minimum atomic E-state index is -4.48. The number of aryl methyl sites for hydroxylation is 1. The maximum atomic E-state index is 12.9. The van der Waals surface area contributed by atoms with Crippen molar-refractivity contribution in [3.05, 3.63) is 92.3 Å². The molecule has 0 saturated carbocycles. The topological polar surface area (TPSA) is 89.4 Å². The fourth-order valence-electron chi connectivity index (χ4n) is 3.41. The molecular formula is C22H19F3N6O2. The third-order valence-electron chi connectivity index (χ3n) is 5.27. The highest BCUT2D eigenvalue weighted by atomic mass is 19.4. The van der Waals surface area contributed by atoms with Crippen molar-refractivity contribution in [1.82, 2.24) is 19.1 Å². The lowest BCUT2D eigenvalue weighted by Crippen LogP contribution is -2.19. The van der Waals surface area contributed by atoms with Gasteiger partial charge in [-0.15, -0.1) is 10.2 Å². The van der Waals surface area contributed by atoms with Crippen LogP contribution in [0.25, 0.3) is 11.4 Å². The molecular weight excluding hydrogens is 437 g/mol. The predicted octanol–water partition coefficient (Wildman–Crippen LogP) is 4.71. The van der Waals surface area contributed by atoms with E-state index < -0.39 is 22.9 Å². The van der Waals surface area contributed by atoms with Crippen LogP contribution in [-0.4, -0.2) is 19.1 Å². The quantitative estimate of drug-likeness (QED) is 0.451. The number of azo groups is 1. The zero-order chi connectivity index (χ0) is 23.9. The van der Waals surface area contributed by atoms with Crippen molar-refractivity contribution in [3.8, 4) is 11.4 Å². The summed E-state index contributed by atoms with van der Waals surface area (Å²) in [5.41, 5.74) is -0.0569. The number of hydrogen-bond donors (Lipinski definition) is 1. The van der Waals surface area contributed by atoms with Gasteiger partial charge < -0.3 is 0 Å². The van der Waals surface area contributed by atoms with Gasteiger partial charge in [0.1, 0.15) is 0 Å². The zero-order valence-corrected chi connectivity index (χ0v) is 17.9. The van der Waals surface area contributed by atoms with Gasteiger partial charge in [0.2, 0.25) is 0 Å². The Balaban J connectivity index is 1.72. The van der Waals surface area contributed by atoms with E-state index in [4.69, 9.17) is 0 Å². The molecule has 33 heavy (non-hydrogen) atoms. The number of alkyl halides is 3. The Labute approximate surface area is 185 Å². The largest absolute Gasteiger partial charge is 0.416 e. The van der Waals surface area contributed by atoms with Crippen molar-refractivity contribution in [1.29, 1.82) is 0 Å². The molecule has 0 unspecified atom stereocenters. The number of nitrogens with one attached hydrogen (secondary N) is 1. The molecule has 1 N–H and O–H groups in total. The van der Waals surface area contributed by atoms with Crippen LogP contribution in [-0.2, 0) is 13.2 Å². The molecule has 0 atom stereocenters. The molecule has 0 saturated heterocycles. The fraction of sp³-hybridized carbons (Fsp3) is 0.182. The molecule has 0 radical (unpaired) electrons. The van der Waals surface area contributed by atoms with Gasteiger partial charge in [-0.2, -0.15) is 13.2 Å². The van der Waals surface area contributed by atoms with Gasteiger partial charge in [0.05, 0.1) is 28.3 Å². The third-order valence-corrected chi connectivity index (χ3v) is 5.27. The summed E-state index contributed by atoms with van der Waals surface area (Å²) < 4.78 is 42.6. The summed E-state index contributed by atoms with van der Waals surface area (Å²) in [6.45, 7) is 3.29. The second-order valence-corrected chi connectivity index (χ2v) is 7.38. The monoisotopic (exact) mass is 456 g/mol. The molecule has 0 amide bonds. The number of para-hydroxylation sites is 1. The number of aromatic amines is 1. The van der Waals surface area contributed by atoms with E-state index in [0.29, 0.717) is 17.1 Å². The predicted molar refractivity (Wildman–Crippen MR) is 116 cm³/mol. The molecule has 0 fully saturated rings. The molecule has 170 valence electrons. The van der Waals surface area contributed by atoms with Crippen molar-refractivity contribution in [3.63, 3.8) is 0 Å². The Kier molecular flexibility index (Phi) is 5.40. The number of aromatic nitrogens is 4. The van der Waals surface area contributed by atoms with Crippen molar-refractivity contribution < 1.29 is 13.2 Å². The van der Waals surface area contributed by atoms with E-state index in [1.165, 1.54) is 16.8 Å². The second kappa shape index (κ2) is 8.08. The Hall–Kier alpha value is -4.15. The maximum absolute atomic E-state index is 12.9. The van der Waals surface area contributed by atoms with Gasteiger partial charge in [-0.1, -0.05) is 18.2 Å². The molecule has 11 heteroatoms. The summed E-state index contributed by atoms with van der Waals surface area (Å²) in [7, 11) is 1.71. The van der Waals surface area contributed by atoms with E-state index in [9.17, 15) is 22.8 Å². The normalized spacial score (nSPS) is 12.1. The van der Waals surface area contributed by atoms with E-state index in [0.717, 1.165) is 16.8 Å². The molecule has 4 aromatic rings. The molecule has 8 nitrogen and oxygen atoms in total. The van der Waals surface area contributed by atoms with Crippen LogP contribution in [0.15, 0.2) is 74.4 Å². The van der Waals surface area contributed by atoms with Crippen LogP contribution in [0.3, 0.4) is 0 Å². The van der Waals surface area contributed by atoms with Gasteiger partial charge in [-0.3, -0.25) is 19.4 Å². The molecule has 0 spiro atoms. The molecule has 0 aliphatic carbocycles. The number of halogens is 3. The zero-order valence-electron chi connectivity index (χ0n) is 17.9. The smallest absolute Gasteiger partial charge is 0.293 e. The summed E-state index contributed by atoms with van der Waals surface area (Å²) >= 11 is 0. The minimum absolute atomic E-state index is 0.0520. The van der Waals surface area contributed by atoms with Crippen molar-refractivity contribution in [2.45, 2.75) is 20.0 Å². The number of rotatable bonds is 4. The van der Waals surface area contributed by atoms with Gasteiger partial charge in [0.25, 0.3) is 11.1 Å². The highest BCUT2D eigenvalue weighted by molar-refractivity contribution is 5.47. The lowest BCUT2D eigenvalue weighted by molar-refractivity contribution is -0.137. The SMILES string of the molecule is Cc1[nH]n(-c2ccc(C(F)(F)F)cc2)c(=O)c1N=Nc1c(C)n(C)n(-c2ccccc2)c1=O. The Bertz CT molecular complexity index is 1460. The summed E-state index contributed by atoms with van der Waals surface area (Å²) in [6, 6.07) is 13.1. The fourth-order valence-corrected chi connectivity index (χ4v) is 3.41. The van der Waals surface area contributed by atoms with E-state index in [2.05, 4.69) is 15.3 Å². The van der Waals surface area contributed by atoms with Gasteiger partial charge in [-0.05, 0) is 50.2 Å². The summed E-state index contributed by atoms with van der Waals surface area (Å²) in [5, 5.41) is 10.8. The van der Waals surface area contributed by atoms with E-state index in [-0.39, 0.29) is 17.1 Å². The highest BCUT2D eigenvalue weighted by Crippen LogP contribution is 2.29. The molecule has 0 aliphatic heterocycles. The summed E-state index contributed by atoms with van der Waals surface area (Å²) in [4.78, 5) is 25.8. The first kappa shape index (κ1) is 22.1. The van der Waals surface area contributed by atoms with E-state index in [1.807, 2.05) is 6.07 Å². The first-order valence-corrected chi connectivity index (χ1v) is 9.84. The van der Waals surface area contributed by atoms with Crippen LogP contribution in [0.1, 0.15) is 17.0 Å². The number of hydrogen-bond acceptors (Lipinski definition) is 4. The van der Waals surface area contributed by atoms with Crippen LogP contribution >= 0.6 is 0 Å². The van der Waals surface area contributed by atoms with Crippen molar-refractivity contribution in [2.24, 2.45) is 17.3 Å². The number of nitrogens with zero attached hydrogens (tertiary/aromatic N) is 5. The molecule has 0 bridgehead atoms. The summed E-state index contributed by atoms with van der Waals surface area (Å²) in [6.07, 6.45) is -4.48. The first-order chi connectivity index (χ1) is 15.6. The van der Waals surface area contributed by atoms with Crippen LogP contribution in [0.5, 0.6) is 0 Å². The van der Waals surface area contributed by atoms with Gasteiger partial charge in [-0.25, -0.2) is 9.36 Å². The van der Waals surface area contributed by atoms with Gasteiger partial charge >= 0.3 is 6.18 Å². The molecule has 0 aliphatic rings. The van der Waals surface area contributed by atoms with Gasteiger partial charge in [0.15, 0.2) is 11.4 Å². The number of H-pyrrole nitrogens is 1.